The molecule has 7 heteroatoms. The van der Waals surface area contributed by atoms with Gasteiger partial charge in [0, 0.05) is 41.4 Å². The van der Waals surface area contributed by atoms with Crippen LogP contribution in [0.25, 0.3) is 0 Å². The van der Waals surface area contributed by atoms with Crippen molar-refractivity contribution in [3.05, 3.63) is 62.5 Å². The highest BCUT2D eigenvalue weighted by Crippen LogP contribution is 2.47. The first kappa shape index (κ1) is 20.8. The Hall–Kier alpha value is -2.96. The number of dihydropyridines is 1. The van der Waals surface area contributed by atoms with Gasteiger partial charge in [0.05, 0.1) is 16.6 Å². The van der Waals surface area contributed by atoms with E-state index >= 15 is 0 Å². The van der Waals surface area contributed by atoms with E-state index in [4.69, 9.17) is 4.74 Å². The van der Waals surface area contributed by atoms with Gasteiger partial charge in [-0.05, 0) is 38.2 Å². The van der Waals surface area contributed by atoms with Crippen LogP contribution in [0.1, 0.15) is 58.9 Å². The second kappa shape index (κ2) is 7.46. The molecule has 7 nitrogen and oxygen atoms in total. The molecule has 1 aliphatic carbocycles. The van der Waals surface area contributed by atoms with Gasteiger partial charge in [-0.15, -0.1) is 0 Å². The highest BCUT2D eigenvalue weighted by Gasteiger charge is 2.43. The number of hydrogen-bond donors (Lipinski definition) is 1. The number of non-ortho nitro benzene ring substituents is 1. The first-order valence-electron chi connectivity index (χ1n) is 9.69. The summed E-state index contributed by atoms with van der Waals surface area (Å²) in [7, 11) is 0. The molecular weight excluding hydrogens is 372 g/mol. The van der Waals surface area contributed by atoms with Crippen molar-refractivity contribution in [2.75, 3.05) is 0 Å². The molecule has 154 valence electrons. The van der Waals surface area contributed by atoms with Crippen LogP contribution in [0, 0.1) is 15.5 Å². The maximum atomic E-state index is 13.1. The summed E-state index contributed by atoms with van der Waals surface area (Å²) in [6.07, 6.45) is 0.751. The lowest BCUT2D eigenvalue weighted by atomic mass is 9.68. The molecule has 0 fully saturated rings. The van der Waals surface area contributed by atoms with Crippen LogP contribution in [0.4, 0.5) is 5.69 Å². The molecule has 1 aliphatic heterocycles. The van der Waals surface area contributed by atoms with Gasteiger partial charge in [-0.25, -0.2) is 4.79 Å². The van der Waals surface area contributed by atoms with E-state index in [0.29, 0.717) is 35.2 Å². The minimum Gasteiger partial charge on any atom is -0.460 e. The fourth-order valence-electron chi connectivity index (χ4n) is 4.11. The van der Waals surface area contributed by atoms with Crippen molar-refractivity contribution in [3.63, 3.8) is 0 Å². The number of hydrogen-bond acceptors (Lipinski definition) is 6. The minimum atomic E-state index is -0.609. The van der Waals surface area contributed by atoms with Crippen LogP contribution in [0.5, 0.6) is 0 Å². The first-order valence-corrected chi connectivity index (χ1v) is 9.69. The second-order valence-electron chi connectivity index (χ2n) is 8.73. The molecule has 0 saturated heterocycles. The summed E-state index contributed by atoms with van der Waals surface area (Å²) in [5.41, 5.74) is 2.82. The number of nitro groups is 1. The van der Waals surface area contributed by atoms with Gasteiger partial charge in [0.2, 0.25) is 0 Å². The van der Waals surface area contributed by atoms with Crippen molar-refractivity contribution in [1.82, 2.24) is 5.32 Å². The van der Waals surface area contributed by atoms with Gasteiger partial charge < -0.3 is 10.1 Å². The average Bonchev–Trinajstić information content (AvgIpc) is 2.58. The van der Waals surface area contributed by atoms with E-state index in [2.05, 4.69) is 5.32 Å². The van der Waals surface area contributed by atoms with Crippen LogP contribution < -0.4 is 5.32 Å². The zero-order valence-corrected chi connectivity index (χ0v) is 17.4. The van der Waals surface area contributed by atoms with Gasteiger partial charge in [0.25, 0.3) is 5.69 Å². The Morgan fingerprint density at radius 1 is 1.24 bits per heavy atom. The van der Waals surface area contributed by atoms with Crippen LogP contribution >= 0.6 is 0 Å². The zero-order chi connectivity index (χ0) is 21.5. The summed E-state index contributed by atoms with van der Waals surface area (Å²) in [5, 5.41) is 14.3. The number of Topliss-reactive ketones (excluding diaryl/α,β-unsaturated/α-hetero) is 1. The Kier molecular flexibility index (Phi) is 5.34. The number of carbonyl (C=O) groups excluding carboxylic acids is 2. The monoisotopic (exact) mass is 398 g/mol. The van der Waals surface area contributed by atoms with Gasteiger partial charge in [-0.3, -0.25) is 14.9 Å². The SMILES string of the molecule is CC1=C(C(=O)OC(C)C)[C@H](c2ccc([N+](=O)[O-])cc2)C2=C(CC(C)(C)CC2=O)N1. The topological polar surface area (TPSA) is 98.5 Å². The van der Waals surface area contributed by atoms with E-state index in [1.54, 1.807) is 32.9 Å². The number of nitrogens with one attached hydrogen (secondary N) is 1. The minimum absolute atomic E-state index is 0.0190. The summed E-state index contributed by atoms with van der Waals surface area (Å²) >= 11 is 0. The zero-order valence-electron chi connectivity index (χ0n) is 17.4. The Labute approximate surface area is 170 Å². The van der Waals surface area contributed by atoms with Crippen LogP contribution in [0.2, 0.25) is 0 Å². The molecule has 29 heavy (non-hydrogen) atoms. The lowest BCUT2D eigenvalue weighted by Gasteiger charge is -2.39. The van der Waals surface area contributed by atoms with Crippen LogP contribution in [-0.2, 0) is 14.3 Å². The number of rotatable bonds is 4. The van der Waals surface area contributed by atoms with Crippen molar-refractivity contribution in [3.8, 4) is 0 Å². The number of ketones is 1. The summed E-state index contributed by atoms with van der Waals surface area (Å²) in [4.78, 5) is 36.6. The molecule has 1 heterocycles. The number of nitrogens with zero attached hydrogens (tertiary/aromatic N) is 1. The summed E-state index contributed by atoms with van der Waals surface area (Å²) in [6, 6.07) is 6.02. The van der Waals surface area contributed by atoms with Crippen LogP contribution in [-0.4, -0.2) is 22.8 Å². The van der Waals surface area contributed by atoms with Gasteiger partial charge in [0.1, 0.15) is 0 Å². The second-order valence-corrected chi connectivity index (χ2v) is 8.73. The fourth-order valence-corrected chi connectivity index (χ4v) is 4.11. The fraction of sp³-hybridized carbons (Fsp3) is 0.455. The van der Waals surface area contributed by atoms with Gasteiger partial charge in [0.15, 0.2) is 5.78 Å². The third kappa shape index (κ3) is 4.09. The van der Waals surface area contributed by atoms with Crippen molar-refractivity contribution in [2.45, 2.75) is 59.5 Å². The molecule has 0 unspecified atom stereocenters. The maximum absolute atomic E-state index is 13.1. The number of benzene rings is 1. The van der Waals surface area contributed by atoms with Gasteiger partial charge in [-0.1, -0.05) is 26.0 Å². The largest absolute Gasteiger partial charge is 0.460 e. The van der Waals surface area contributed by atoms with E-state index in [1.165, 1.54) is 12.1 Å². The third-order valence-corrected chi connectivity index (χ3v) is 5.24. The third-order valence-electron chi connectivity index (χ3n) is 5.24. The van der Waals surface area contributed by atoms with E-state index in [-0.39, 0.29) is 23.0 Å². The Balaban J connectivity index is 2.15. The number of carbonyl (C=O) groups is 2. The van der Waals surface area contributed by atoms with E-state index in [0.717, 1.165) is 5.70 Å². The molecule has 3 rings (SSSR count). The quantitative estimate of drug-likeness (QED) is 0.465. The molecule has 0 aromatic heterocycles. The smallest absolute Gasteiger partial charge is 0.337 e. The predicted octanol–water partition coefficient (Wildman–Crippen LogP) is 4.15. The standard InChI is InChI=1S/C22H26N2O5/c1-12(2)29-21(26)18-13(3)23-16-10-22(4,5)11-17(25)20(16)19(18)14-6-8-15(9-7-14)24(27)28/h6-9,12,19,23H,10-11H2,1-5H3/t19-/m0/s1. The number of esters is 1. The number of allylic oxidation sites excluding steroid dienone is 3. The molecule has 1 N–H and O–H groups in total. The van der Waals surface area contributed by atoms with Crippen molar-refractivity contribution in [1.29, 1.82) is 0 Å². The molecule has 1 aromatic rings. The Morgan fingerprint density at radius 3 is 2.41 bits per heavy atom. The Bertz CT molecular complexity index is 938. The average molecular weight is 398 g/mol. The molecule has 1 atom stereocenters. The lowest BCUT2D eigenvalue weighted by molar-refractivity contribution is -0.384. The van der Waals surface area contributed by atoms with E-state index in [9.17, 15) is 19.7 Å². The number of ether oxygens (including phenoxy) is 1. The normalized spacial score (nSPS) is 21.0. The number of nitro benzene ring substituents is 1. The van der Waals surface area contributed by atoms with Gasteiger partial charge in [-0.2, -0.15) is 0 Å². The molecule has 0 bridgehead atoms. The summed E-state index contributed by atoms with van der Waals surface area (Å²) < 4.78 is 5.45. The first-order chi connectivity index (χ1) is 13.5. The lowest BCUT2D eigenvalue weighted by Crippen LogP contribution is -2.39. The van der Waals surface area contributed by atoms with Crippen molar-refractivity contribution >= 4 is 17.4 Å². The van der Waals surface area contributed by atoms with Crippen LogP contribution in [0.3, 0.4) is 0 Å². The summed E-state index contributed by atoms with van der Waals surface area (Å²) in [5.74, 6) is -1.12. The molecular formula is C22H26N2O5. The highest BCUT2D eigenvalue weighted by molar-refractivity contribution is 6.04. The molecule has 0 spiro atoms. The summed E-state index contributed by atoms with van der Waals surface area (Å²) in [6.45, 7) is 9.41. The maximum Gasteiger partial charge on any atom is 0.337 e. The van der Waals surface area contributed by atoms with E-state index < -0.39 is 16.8 Å². The van der Waals surface area contributed by atoms with Gasteiger partial charge >= 0.3 is 5.97 Å². The molecule has 1 aromatic carbocycles. The predicted molar refractivity (Wildman–Crippen MR) is 108 cm³/mol. The molecule has 0 saturated carbocycles. The molecule has 0 radical (unpaired) electrons. The van der Waals surface area contributed by atoms with Crippen LogP contribution in [0.15, 0.2) is 46.8 Å². The molecule has 2 aliphatic rings. The Morgan fingerprint density at radius 2 is 1.86 bits per heavy atom. The molecule has 0 amide bonds. The van der Waals surface area contributed by atoms with E-state index in [1.807, 2.05) is 13.8 Å². The highest BCUT2D eigenvalue weighted by atomic mass is 16.6. The van der Waals surface area contributed by atoms with Crippen molar-refractivity contribution in [2.24, 2.45) is 5.41 Å². The van der Waals surface area contributed by atoms with Crippen molar-refractivity contribution < 1.29 is 19.2 Å².